The van der Waals surface area contributed by atoms with Gasteiger partial charge in [0, 0.05) is 19.1 Å². The van der Waals surface area contributed by atoms with E-state index in [2.05, 4.69) is 15.9 Å². The first kappa shape index (κ1) is 13.9. The van der Waals surface area contributed by atoms with Crippen LogP contribution in [-0.4, -0.2) is 29.9 Å². The molecule has 1 aromatic rings. The second-order valence-electron chi connectivity index (χ2n) is 4.98. The lowest BCUT2D eigenvalue weighted by Crippen LogP contribution is -2.33. The number of hydrogen-bond donors (Lipinski definition) is 1. The third-order valence-electron chi connectivity index (χ3n) is 3.98. The van der Waals surface area contributed by atoms with E-state index in [0.29, 0.717) is 22.3 Å². The maximum atomic E-state index is 12.2. The van der Waals surface area contributed by atoms with Gasteiger partial charge in [-0.25, -0.2) is 0 Å². The first-order chi connectivity index (χ1) is 8.15. The Morgan fingerprint density at radius 2 is 2.17 bits per heavy atom. The minimum absolute atomic E-state index is 0. The summed E-state index contributed by atoms with van der Waals surface area (Å²) in [5.74, 6) is 1.47. The molecule has 2 aliphatic rings. The first-order valence-corrected chi connectivity index (χ1v) is 6.74. The largest absolute Gasteiger partial charge is 0.444 e. The Balaban J connectivity index is 0.00000120. The fourth-order valence-corrected chi connectivity index (χ4v) is 3.36. The van der Waals surface area contributed by atoms with Crippen molar-refractivity contribution in [2.24, 2.45) is 17.6 Å². The lowest BCUT2D eigenvalue weighted by atomic mass is 9.98. The van der Waals surface area contributed by atoms with E-state index in [9.17, 15) is 4.79 Å². The van der Waals surface area contributed by atoms with Crippen LogP contribution < -0.4 is 5.73 Å². The van der Waals surface area contributed by atoms with E-state index >= 15 is 0 Å². The van der Waals surface area contributed by atoms with Crippen LogP contribution in [0.4, 0.5) is 0 Å². The fourth-order valence-electron chi connectivity index (χ4n) is 3.06. The maximum Gasteiger partial charge on any atom is 0.289 e. The Hall–Kier alpha value is -0.520. The average molecular weight is 336 g/mol. The van der Waals surface area contributed by atoms with Crippen LogP contribution in [0.3, 0.4) is 0 Å². The Morgan fingerprint density at radius 1 is 1.39 bits per heavy atom. The van der Waals surface area contributed by atoms with E-state index in [0.717, 1.165) is 25.9 Å². The monoisotopic (exact) mass is 334 g/mol. The molecular formula is C12H16BrClN2O2. The highest BCUT2D eigenvalue weighted by Crippen LogP contribution is 2.37. The first-order valence-electron chi connectivity index (χ1n) is 5.95. The van der Waals surface area contributed by atoms with Gasteiger partial charge in [-0.1, -0.05) is 0 Å². The number of likely N-dealkylation sites (tertiary alicyclic amines) is 1. The van der Waals surface area contributed by atoms with Crippen molar-refractivity contribution in [1.29, 1.82) is 0 Å². The van der Waals surface area contributed by atoms with Gasteiger partial charge in [-0.3, -0.25) is 4.79 Å². The molecule has 1 saturated carbocycles. The van der Waals surface area contributed by atoms with Crippen molar-refractivity contribution in [3.8, 4) is 0 Å². The summed E-state index contributed by atoms with van der Waals surface area (Å²) in [6.07, 6.45) is 2.25. The van der Waals surface area contributed by atoms with Crippen molar-refractivity contribution in [2.75, 3.05) is 13.1 Å². The lowest BCUT2D eigenvalue weighted by molar-refractivity contribution is 0.0746. The molecule has 1 aliphatic heterocycles. The number of halogens is 2. The molecular weight excluding hydrogens is 320 g/mol. The molecule has 1 saturated heterocycles. The lowest BCUT2D eigenvalue weighted by Gasteiger charge is -2.17. The Labute approximate surface area is 120 Å². The second-order valence-corrected chi connectivity index (χ2v) is 5.76. The van der Waals surface area contributed by atoms with Gasteiger partial charge in [-0.15, -0.1) is 12.4 Å². The van der Waals surface area contributed by atoms with Crippen LogP contribution in [0.5, 0.6) is 0 Å². The van der Waals surface area contributed by atoms with Crippen molar-refractivity contribution in [1.82, 2.24) is 4.90 Å². The van der Waals surface area contributed by atoms with Gasteiger partial charge in [-0.05, 0) is 52.7 Å². The van der Waals surface area contributed by atoms with E-state index in [1.54, 1.807) is 12.1 Å². The van der Waals surface area contributed by atoms with Crippen LogP contribution in [0.2, 0.25) is 0 Å². The predicted molar refractivity (Wildman–Crippen MR) is 73.7 cm³/mol. The molecule has 6 heteroatoms. The van der Waals surface area contributed by atoms with E-state index in [1.807, 2.05) is 4.90 Å². The molecule has 3 unspecified atom stereocenters. The summed E-state index contributed by atoms with van der Waals surface area (Å²) in [7, 11) is 0. The van der Waals surface area contributed by atoms with E-state index < -0.39 is 0 Å². The van der Waals surface area contributed by atoms with Crippen LogP contribution in [0, 0.1) is 11.8 Å². The van der Waals surface area contributed by atoms with Crippen molar-refractivity contribution < 1.29 is 9.21 Å². The number of carbonyl (C=O) groups excluding carboxylic acids is 1. The molecule has 100 valence electrons. The van der Waals surface area contributed by atoms with Gasteiger partial charge in [-0.2, -0.15) is 0 Å². The van der Waals surface area contributed by atoms with E-state index in [1.165, 1.54) is 0 Å². The number of nitrogens with two attached hydrogens (primary N) is 1. The van der Waals surface area contributed by atoms with Crippen LogP contribution in [0.1, 0.15) is 23.4 Å². The van der Waals surface area contributed by atoms with Crippen molar-refractivity contribution >= 4 is 34.2 Å². The number of nitrogens with zero attached hydrogens (tertiary/aromatic N) is 1. The average Bonchev–Trinajstić information content (AvgIpc) is 2.96. The van der Waals surface area contributed by atoms with Crippen LogP contribution in [0.15, 0.2) is 21.2 Å². The van der Waals surface area contributed by atoms with Crippen LogP contribution in [-0.2, 0) is 0 Å². The van der Waals surface area contributed by atoms with Crippen molar-refractivity contribution in [3.05, 3.63) is 22.6 Å². The van der Waals surface area contributed by atoms with Gasteiger partial charge in [0.2, 0.25) is 0 Å². The summed E-state index contributed by atoms with van der Waals surface area (Å²) in [6, 6.07) is 3.72. The zero-order valence-electron chi connectivity index (χ0n) is 9.84. The standard InChI is InChI=1S/C12H15BrN2O2.ClH/c13-11-4-3-10(17-11)12(16)15-5-7-1-2-9(14)8(7)6-15;/h3-4,7-9H,1-2,5-6,14H2;1H. The fraction of sp³-hybridized carbons (Fsp3) is 0.583. The smallest absolute Gasteiger partial charge is 0.289 e. The molecule has 0 bridgehead atoms. The molecule has 1 aromatic heterocycles. The Kier molecular flexibility index (Phi) is 4.04. The van der Waals surface area contributed by atoms with Crippen LogP contribution >= 0.6 is 28.3 Å². The van der Waals surface area contributed by atoms with Gasteiger partial charge in [0.25, 0.3) is 5.91 Å². The van der Waals surface area contributed by atoms with Crippen molar-refractivity contribution in [3.63, 3.8) is 0 Å². The Morgan fingerprint density at radius 3 is 2.78 bits per heavy atom. The minimum Gasteiger partial charge on any atom is -0.444 e. The molecule has 18 heavy (non-hydrogen) atoms. The number of hydrogen-bond acceptors (Lipinski definition) is 3. The molecule has 3 rings (SSSR count). The third-order valence-corrected chi connectivity index (χ3v) is 4.41. The van der Waals surface area contributed by atoms with Crippen LogP contribution in [0.25, 0.3) is 0 Å². The van der Waals surface area contributed by atoms with Gasteiger partial charge < -0.3 is 15.1 Å². The number of rotatable bonds is 1. The number of fused-ring (bicyclic) bond motifs is 1. The van der Waals surface area contributed by atoms with E-state index in [-0.39, 0.29) is 24.4 Å². The molecule has 2 N–H and O–H groups in total. The van der Waals surface area contributed by atoms with E-state index in [4.69, 9.17) is 10.2 Å². The molecule has 0 spiro atoms. The highest BCUT2D eigenvalue weighted by atomic mass is 79.9. The molecule has 0 aromatic carbocycles. The SMILES string of the molecule is Cl.NC1CCC2CN(C(=O)c3ccc(Br)o3)CC12. The number of furan rings is 1. The van der Waals surface area contributed by atoms with Gasteiger partial charge >= 0.3 is 0 Å². The summed E-state index contributed by atoms with van der Waals surface area (Å²) in [5.41, 5.74) is 6.06. The normalized spacial score (nSPS) is 30.1. The highest BCUT2D eigenvalue weighted by molar-refractivity contribution is 9.10. The van der Waals surface area contributed by atoms with Gasteiger partial charge in [0.1, 0.15) is 0 Å². The topological polar surface area (TPSA) is 59.5 Å². The number of amides is 1. The molecule has 2 heterocycles. The zero-order valence-corrected chi connectivity index (χ0v) is 12.2. The second kappa shape index (κ2) is 5.23. The quantitative estimate of drug-likeness (QED) is 0.856. The Bertz CT molecular complexity index is 451. The summed E-state index contributed by atoms with van der Waals surface area (Å²) >= 11 is 3.21. The highest BCUT2D eigenvalue weighted by Gasteiger charge is 2.42. The van der Waals surface area contributed by atoms with Gasteiger partial charge in [0.15, 0.2) is 10.4 Å². The minimum atomic E-state index is -0.0164. The maximum absolute atomic E-state index is 12.2. The predicted octanol–water partition coefficient (Wildman–Crippen LogP) is 2.27. The summed E-state index contributed by atoms with van der Waals surface area (Å²) in [6.45, 7) is 1.61. The third kappa shape index (κ3) is 2.31. The molecule has 3 atom stereocenters. The number of carbonyl (C=O) groups is 1. The van der Waals surface area contributed by atoms with Crippen molar-refractivity contribution in [2.45, 2.75) is 18.9 Å². The summed E-state index contributed by atoms with van der Waals surface area (Å²) < 4.78 is 5.90. The zero-order chi connectivity index (χ0) is 12.0. The molecule has 1 aliphatic carbocycles. The van der Waals surface area contributed by atoms with Gasteiger partial charge in [0.05, 0.1) is 0 Å². The molecule has 1 amide bonds. The molecule has 0 radical (unpaired) electrons. The summed E-state index contributed by atoms with van der Waals surface area (Å²) in [5, 5.41) is 0. The molecule has 2 fully saturated rings. The molecule has 4 nitrogen and oxygen atoms in total. The summed E-state index contributed by atoms with van der Waals surface area (Å²) in [4.78, 5) is 14.0.